The Morgan fingerprint density at radius 1 is 0.505 bits per heavy atom. The quantitative estimate of drug-likeness (QED) is 0.0153. The molecule has 11 atom stereocenters. The third kappa shape index (κ3) is 23.9. The minimum atomic E-state index is -1.61. The number of aromatic amines is 2. The summed E-state index contributed by atoms with van der Waals surface area (Å²) in [5, 5.41) is 36.7. The van der Waals surface area contributed by atoms with Gasteiger partial charge in [0.05, 0.1) is 12.6 Å². The van der Waals surface area contributed by atoms with E-state index in [9.17, 15) is 67.4 Å². The molecule has 0 radical (unpaired) electrons. The number of hydrogen-bond acceptors (Lipinski definition) is 16. The van der Waals surface area contributed by atoms with Crippen molar-refractivity contribution in [3.8, 4) is 0 Å². The summed E-state index contributed by atoms with van der Waals surface area (Å²) in [6, 6.07) is 9.49. The Kier molecular flexibility index (Phi) is 30.1. The highest BCUT2D eigenvalue weighted by atomic mass is 32.1. The number of carboxylic acids is 1. The molecule has 30 nitrogen and oxygen atoms in total. The molecule has 3 aromatic carbocycles. The first-order valence-electron chi connectivity index (χ1n) is 31.2. The number of nitrogens with two attached hydrogens (primary N) is 4. The lowest BCUT2D eigenvalue weighted by atomic mass is 9.97. The van der Waals surface area contributed by atoms with Crippen LogP contribution in [0.4, 0.5) is 0 Å². The minimum absolute atomic E-state index is 0.0439. The van der Waals surface area contributed by atoms with Crippen LogP contribution in [0.3, 0.4) is 0 Å². The fourth-order valence-electron chi connectivity index (χ4n) is 10.1. The van der Waals surface area contributed by atoms with E-state index in [1.807, 2.05) is 36.4 Å². The predicted molar refractivity (Wildman–Crippen MR) is 355 cm³/mol. The number of primary amides is 2. The van der Waals surface area contributed by atoms with Gasteiger partial charge >= 0.3 is 5.97 Å². The highest BCUT2D eigenvalue weighted by Crippen LogP contribution is 2.22. The van der Waals surface area contributed by atoms with Crippen molar-refractivity contribution in [2.45, 2.75) is 159 Å². The van der Waals surface area contributed by atoms with Gasteiger partial charge in [-0.05, 0) is 87.2 Å². The monoisotopic (exact) mass is 1340 g/mol. The molecular formula is C64H88N16O14S. The van der Waals surface area contributed by atoms with Gasteiger partial charge < -0.3 is 91.2 Å². The molecule has 0 aliphatic heterocycles. The molecule has 0 spiro atoms. The van der Waals surface area contributed by atoms with Gasteiger partial charge in [-0.2, -0.15) is 12.6 Å². The van der Waals surface area contributed by atoms with Crippen LogP contribution in [-0.4, -0.2) is 171 Å². The molecule has 0 aliphatic rings. The van der Waals surface area contributed by atoms with Crippen molar-refractivity contribution in [2.75, 3.05) is 18.8 Å². The number of H-pyrrole nitrogens is 2. The highest BCUT2D eigenvalue weighted by molar-refractivity contribution is 7.80. The van der Waals surface area contributed by atoms with Crippen molar-refractivity contribution >= 4 is 111 Å². The van der Waals surface area contributed by atoms with Crippen LogP contribution in [0.25, 0.3) is 21.8 Å². The summed E-state index contributed by atoms with van der Waals surface area (Å²) in [7, 11) is 0. The van der Waals surface area contributed by atoms with Gasteiger partial charge in [0, 0.05) is 72.1 Å². The molecule has 514 valence electrons. The molecule has 5 rings (SSSR count). The number of aliphatic carboxylic acids is 1. The number of unbranched alkanes of at least 4 members (excludes halogenated alkanes) is 1. The van der Waals surface area contributed by atoms with Crippen molar-refractivity contribution < 1.29 is 67.4 Å². The third-order valence-corrected chi connectivity index (χ3v) is 16.2. The van der Waals surface area contributed by atoms with Crippen molar-refractivity contribution in [3.05, 3.63) is 108 Å². The molecule has 0 aliphatic carbocycles. The Morgan fingerprint density at radius 3 is 1.45 bits per heavy atom. The van der Waals surface area contributed by atoms with Gasteiger partial charge in [-0.3, -0.25) is 62.3 Å². The average Bonchev–Trinajstić information content (AvgIpc) is 1.81. The second-order valence-corrected chi connectivity index (χ2v) is 23.6. The first-order valence-corrected chi connectivity index (χ1v) is 31.9. The smallest absolute Gasteiger partial charge is 0.303 e. The number of aromatic nitrogens is 2. The third-order valence-electron chi connectivity index (χ3n) is 15.8. The normalized spacial score (nSPS) is 14.6. The Hall–Kier alpha value is -9.88. The lowest BCUT2D eigenvalue weighted by molar-refractivity contribution is -0.138. The van der Waals surface area contributed by atoms with Gasteiger partial charge in [0.1, 0.15) is 54.4 Å². The standard InChI is InChI=1S/C64H88N16O14S/c1-5-34(2)54(64(94)75-44(21-13-14-26-65)58(88)73-45(22-24-51(67)81)59(89)74-46(23-25-53(83)84)60(90)76-47(55(68)85)27-37-15-7-6-8-16-37)80-52(82)32-71-57(87)36(4)72-61(91)48(28-38-30-69-42-19-11-9-17-40(38)42)77-62(92)49(29-39-31-70-43-20-12-10-18-41(39)43)78-63(93)50(33-95)79-56(86)35(3)66/h6-12,15-20,30-31,34-36,44-50,54,69-70,95H,5,13-14,21-29,32-33,65-66H2,1-4H3,(H2,67,81)(H2,68,85)(H,71,87)(H,72,91)(H,73,88)(H,74,89)(H,75,94)(H,76,90)(H,77,92)(H,78,93)(H,79,86)(H,80,82)(H,83,84)/t34?,35-,36-,44-,45-,46-,47-,48-,49-,50-,54-/m0/s1. The number of rotatable bonds is 40. The summed E-state index contributed by atoms with van der Waals surface area (Å²) in [6.07, 6.45) is 2.02. The van der Waals surface area contributed by atoms with Gasteiger partial charge in [-0.1, -0.05) is 87.0 Å². The number of carbonyl (C=O) groups excluding carboxylic acids is 12. The van der Waals surface area contributed by atoms with Crippen LogP contribution in [0.15, 0.2) is 91.3 Å². The van der Waals surface area contributed by atoms with E-state index in [-0.39, 0.29) is 44.4 Å². The van der Waals surface area contributed by atoms with E-state index >= 15 is 0 Å². The van der Waals surface area contributed by atoms with Crippen LogP contribution in [0.5, 0.6) is 0 Å². The van der Waals surface area contributed by atoms with E-state index < -0.39 is 175 Å². The van der Waals surface area contributed by atoms with E-state index in [0.29, 0.717) is 29.5 Å². The molecule has 21 N–H and O–H groups in total. The molecule has 0 bridgehead atoms. The van der Waals surface area contributed by atoms with E-state index in [1.165, 1.54) is 13.8 Å². The average molecular weight is 1340 g/mol. The Bertz CT molecular complexity index is 3510. The lowest BCUT2D eigenvalue weighted by Crippen LogP contribution is -2.60. The molecule has 2 heterocycles. The summed E-state index contributed by atoms with van der Waals surface area (Å²) >= 11 is 4.26. The van der Waals surface area contributed by atoms with Crippen LogP contribution in [0.2, 0.25) is 0 Å². The van der Waals surface area contributed by atoms with E-state index in [4.69, 9.17) is 22.9 Å². The Morgan fingerprint density at radius 2 is 0.958 bits per heavy atom. The summed E-state index contributed by atoms with van der Waals surface area (Å²) in [5.41, 5.74) is 25.9. The maximum Gasteiger partial charge on any atom is 0.303 e. The van der Waals surface area contributed by atoms with Crippen LogP contribution >= 0.6 is 12.6 Å². The molecule has 0 fully saturated rings. The molecule has 95 heavy (non-hydrogen) atoms. The number of hydrogen-bond donors (Lipinski definition) is 18. The molecule has 5 aromatic rings. The molecule has 31 heteroatoms. The minimum Gasteiger partial charge on any atom is -0.481 e. The first-order chi connectivity index (χ1) is 45.2. The van der Waals surface area contributed by atoms with Crippen molar-refractivity contribution in [3.63, 3.8) is 0 Å². The molecule has 12 amide bonds. The Labute approximate surface area is 554 Å². The van der Waals surface area contributed by atoms with Gasteiger partial charge in [-0.15, -0.1) is 0 Å². The zero-order valence-corrected chi connectivity index (χ0v) is 54.3. The summed E-state index contributed by atoms with van der Waals surface area (Å²) < 4.78 is 0. The molecule has 1 unspecified atom stereocenters. The van der Waals surface area contributed by atoms with Gasteiger partial charge in [0.2, 0.25) is 70.9 Å². The largest absolute Gasteiger partial charge is 0.481 e. The van der Waals surface area contributed by atoms with Gasteiger partial charge in [0.15, 0.2) is 0 Å². The van der Waals surface area contributed by atoms with E-state index in [0.717, 1.165) is 21.8 Å². The van der Waals surface area contributed by atoms with Crippen LogP contribution in [0.1, 0.15) is 95.8 Å². The van der Waals surface area contributed by atoms with Crippen LogP contribution < -0.4 is 76.1 Å². The maximum absolute atomic E-state index is 14.6. The Balaban J connectivity index is 1.30. The molecule has 0 saturated heterocycles. The topological polar surface area (TPSA) is 498 Å². The second-order valence-electron chi connectivity index (χ2n) is 23.2. The molecule has 0 saturated carbocycles. The number of thiol groups is 1. The summed E-state index contributed by atoms with van der Waals surface area (Å²) in [4.78, 5) is 182. The number of amides is 12. The van der Waals surface area contributed by atoms with Crippen molar-refractivity contribution in [1.29, 1.82) is 0 Å². The van der Waals surface area contributed by atoms with E-state index in [2.05, 4.69) is 75.8 Å². The number of carboxylic acid groups (broad SMARTS) is 1. The van der Waals surface area contributed by atoms with Gasteiger partial charge in [0.25, 0.3) is 0 Å². The number of benzene rings is 3. The number of carbonyl (C=O) groups is 13. The fourth-order valence-corrected chi connectivity index (χ4v) is 10.4. The number of para-hydroxylation sites is 2. The zero-order valence-electron chi connectivity index (χ0n) is 53.4. The SMILES string of the molecule is CCC(C)[C@H](NC(=O)CNC(=O)[C@H](C)NC(=O)[C@H](Cc1c[nH]c2ccccc12)NC(=O)[C@H](Cc1c[nH]c2ccccc12)NC(=O)[C@H](CS)NC(=O)[C@H](C)N)C(=O)N[C@@H](CCCCN)C(=O)N[C@@H](CCC(N)=O)C(=O)N[C@@H](CCC(=O)O)C(=O)N[C@@H](Cc1ccccc1)C(N)=O. The number of nitrogens with one attached hydrogen (secondary N) is 12. The van der Waals surface area contributed by atoms with Crippen LogP contribution in [0, 0.1) is 5.92 Å². The highest BCUT2D eigenvalue weighted by Gasteiger charge is 2.36. The molecule has 2 aromatic heterocycles. The van der Waals surface area contributed by atoms with Crippen molar-refractivity contribution in [2.24, 2.45) is 28.9 Å². The van der Waals surface area contributed by atoms with Crippen LogP contribution in [-0.2, 0) is 81.6 Å². The van der Waals surface area contributed by atoms with Gasteiger partial charge in [-0.25, -0.2) is 0 Å². The van der Waals surface area contributed by atoms with Crippen molar-refractivity contribution in [1.82, 2.24) is 63.1 Å². The summed E-state index contributed by atoms with van der Waals surface area (Å²) in [5.74, 6) is -12.5. The fraction of sp³-hybridized carbons (Fsp3) is 0.453. The van der Waals surface area contributed by atoms with E-state index in [1.54, 1.807) is 68.7 Å². The molecular weight excluding hydrogens is 1250 g/mol. The summed E-state index contributed by atoms with van der Waals surface area (Å²) in [6.45, 7) is 5.62. The number of fused-ring (bicyclic) bond motifs is 2. The lowest BCUT2D eigenvalue weighted by Gasteiger charge is -2.28. The predicted octanol–water partition coefficient (Wildman–Crippen LogP) is -1.76. The zero-order chi connectivity index (χ0) is 69.9. The first kappa shape index (κ1) is 75.8. The maximum atomic E-state index is 14.6. The second kappa shape index (κ2) is 37.7.